The fourth-order valence-electron chi connectivity index (χ4n) is 3.08. The molecule has 4 rings (SSSR count). The molecule has 2 N–H and O–H groups in total. The molecule has 168 valence electrons. The summed E-state index contributed by atoms with van der Waals surface area (Å²) in [6.45, 7) is 2.36. The first-order valence-corrected chi connectivity index (χ1v) is 10.4. The van der Waals surface area contributed by atoms with E-state index in [0.717, 1.165) is 5.56 Å². The van der Waals surface area contributed by atoms with Gasteiger partial charge in [0.15, 0.2) is 11.5 Å². The Hall–Kier alpha value is -4.33. The van der Waals surface area contributed by atoms with Gasteiger partial charge < -0.3 is 19.5 Å². The third kappa shape index (κ3) is 5.88. The standard InChI is InChI=1S/C25H23N3O5/c1-17-6-8-18(9-7-17)15-31-21-5-3-2-4-20(21)13-27-28-24(29)14-26-25(30)19-10-11-22-23(12-19)33-16-32-22/h2-13H,14-16H2,1H3,(H,26,30)(H,28,29). The molecule has 0 spiro atoms. The number of hydrogen-bond donors (Lipinski definition) is 2. The highest BCUT2D eigenvalue weighted by atomic mass is 16.7. The number of hydrogen-bond acceptors (Lipinski definition) is 6. The van der Waals surface area contributed by atoms with Crippen LogP contribution >= 0.6 is 0 Å². The van der Waals surface area contributed by atoms with Gasteiger partial charge in [-0.1, -0.05) is 42.0 Å². The third-order valence-corrected chi connectivity index (χ3v) is 4.87. The van der Waals surface area contributed by atoms with Gasteiger partial charge in [-0.25, -0.2) is 5.43 Å². The first-order chi connectivity index (χ1) is 16.1. The van der Waals surface area contributed by atoms with E-state index in [1.54, 1.807) is 18.2 Å². The molecule has 0 saturated carbocycles. The average molecular weight is 445 g/mol. The average Bonchev–Trinajstić information content (AvgIpc) is 3.31. The quantitative estimate of drug-likeness (QED) is 0.410. The van der Waals surface area contributed by atoms with Gasteiger partial charge in [0.05, 0.1) is 12.8 Å². The lowest BCUT2D eigenvalue weighted by Crippen LogP contribution is -2.34. The third-order valence-electron chi connectivity index (χ3n) is 4.87. The summed E-state index contributed by atoms with van der Waals surface area (Å²) in [5.41, 5.74) is 5.73. The molecule has 0 fully saturated rings. The molecular formula is C25H23N3O5. The number of rotatable bonds is 8. The lowest BCUT2D eigenvalue weighted by Gasteiger charge is -2.09. The van der Waals surface area contributed by atoms with E-state index in [1.165, 1.54) is 11.8 Å². The lowest BCUT2D eigenvalue weighted by atomic mass is 10.1. The number of carbonyl (C=O) groups excluding carboxylic acids is 2. The van der Waals surface area contributed by atoms with Crippen molar-refractivity contribution in [2.75, 3.05) is 13.3 Å². The Bertz CT molecular complexity index is 1170. The number of para-hydroxylation sites is 1. The van der Waals surface area contributed by atoms with Crippen molar-refractivity contribution < 1.29 is 23.8 Å². The Labute approximate surface area is 191 Å². The Kier molecular flexibility index (Phi) is 6.84. The minimum atomic E-state index is -0.460. The van der Waals surface area contributed by atoms with Crippen molar-refractivity contribution in [1.29, 1.82) is 0 Å². The van der Waals surface area contributed by atoms with Gasteiger partial charge in [-0.05, 0) is 42.8 Å². The van der Waals surface area contributed by atoms with Gasteiger partial charge in [0.2, 0.25) is 6.79 Å². The molecule has 1 heterocycles. The summed E-state index contributed by atoms with van der Waals surface area (Å²) < 4.78 is 16.4. The Balaban J connectivity index is 1.27. The van der Waals surface area contributed by atoms with Crippen molar-refractivity contribution in [3.05, 3.63) is 89.0 Å². The highest BCUT2D eigenvalue weighted by molar-refractivity contribution is 5.97. The maximum atomic E-state index is 12.3. The highest BCUT2D eigenvalue weighted by Crippen LogP contribution is 2.32. The van der Waals surface area contributed by atoms with Crippen molar-refractivity contribution in [1.82, 2.24) is 10.7 Å². The molecule has 2 amide bonds. The Morgan fingerprint density at radius 3 is 2.67 bits per heavy atom. The summed E-state index contributed by atoms with van der Waals surface area (Å²) in [5.74, 6) is 0.870. The fraction of sp³-hybridized carbons (Fsp3) is 0.160. The van der Waals surface area contributed by atoms with Crippen molar-refractivity contribution in [2.45, 2.75) is 13.5 Å². The van der Waals surface area contributed by atoms with Gasteiger partial charge >= 0.3 is 0 Å². The van der Waals surface area contributed by atoms with Gasteiger partial charge in [-0.2, -0.15) is 5.10 Å². The molecule has 3 aromatic rings. The predicted molar refractivity (Wildman–Crippen MR) is 123 cm³/mol. The van der Waals surface area contributed by atoms with Crippen LogP contribution < -0.4 is 25.0 Å². The molecule has 8 heteroatoms. The van der Waals surface area contributed by atoms with E-state index < -0.39 is 11.8 Å². The van der Waals surface area contributed by atoms with Crippen LogP contribution in [0.2, 0.25) is 0 Å². The maximum Gasteiger partial charge on any atom is 0.259 e. The largest absolute Gasteiger partial charge is 0.488 e. The van der Waals surface area contributed by atoms with Crippen LogP contribution in [-0.4, -0.2) is 31.4 Å². The van der Waals surface area contributed by atoms with Gasteiger partial charge in [-0.15, -0.1) is 0 Å². The Morgan fingerprint density at radius 1 is 1.03 bits per heavy atom. The zero-order chi connectivity index (χ0) is 23.0. The van der Waals surface area contributed by atoms with Crippen molar-refractivity contribution in [3.8, 4) is 17.2 Å². The molecule has 8 nitrogen and oxygen atoms in total. The van der Waals surface area contributed by atoms with Crippen LogP contribution in [0, 0.1) is 6.92 Å². The smallest absolute Gasteiger partial charge is 0.259 e. The van der Waals surface area contributed by atoms with E-state index in [0.29, 0.717) is 35.0 Å². The molecular weight excluding hydrogens is 422 g/mol. The molecule has 3 aromatic carbocycles. The van der Waals surface area contributed by atoms with Crippen LogP contribution in [0.15, 0.2) is 71.8 Å². The zero-order valence-corrected chi connectivity index (χ0v) is 18.0. The van der Waals surface area contributed by atoms with E-state index in [1.807, 2.05) is 55.5 Å². The van der Waals surface area contributed by atoms with E-state index in [4.69, 9.17) is 14.2 Å². The number of ether oxygens (including phenoxy) is 3. The molecule has 1 aliphatic heterocycles. The second-order valence-corrected chi connectivity index (χ2v) is 7.36. The second kappa shape index (κ2) is 10.3. The normalized spacial score (nSPS) is 11.9. The second-order valence-electron chi connectivity index (χ2n) is 7.36. The van der Waals surface area contributed by atoms with Gasteiger partial charge in [0.1, 0.15) is 12.4 Å². The van der Waals surface area contributed by atoms with E-state index in [9.17, 15) is 9.59 Å². The van der Waals surface area contributed by atoms with Gasteiger partial charge in [-0.3, -0.25) is 9.59 Å². The van der Waals surface area contributed by atoms with Crippen LogP contribution in [0.1, 0.15) is 27.0 Å². The topological polar surface area (TPSA) is 98.2 Å². The lowest BCUT2D eigenvalue weighted by molar-refractivity contribution is -0.120. The summed E-state index contributed by atoms with van der Waals surface area (Å²) in [6.07, 6.45) is 1.50. The summed E-state index contributed by atoms with van der Waals surface area (Å²) in [7, 11) is 0. The SMILES string of the molecule is Cc1ccc(COc2ccccc2C=NNC(=O)CNC(=O)c2ccc3c(c2)OCO3)cc1. The first kappa shape index (κ1) is 21.9. The fourth-order valence-corrected chi connectivity index (χ4v) is 3.08. The number of nitrogens with one attached hydrogen (secondary N) is 2. The molecule has 0 radical (unpaired) electrons. The van der Waals surface area contributed by atoms with Crippen LogP contribution in [0.3, 0.4) is 0 Å². The number of amides is 2. The first-order valence-electron chi connectivity index (χ1n) is 10.4. The summed E-state index contributed by atoms with van der Waals surface area (Å²) in [4.78, 5) is 24.3. The minimum Gasteiger partial charge on any atom is -0.488 e. The van der Waals surface area contributed by atoms with Crippen LogP contribution in [0.25, 0.3) is 0 Å². The molecule has 0 aromatic heterocycles. The van der Waals surface area contributed by atoms with Crippen molar-refractivity contribution in [2.24, 2.45) is 5.10 Å². The maximum absolute atomic E-state index is 12.3. The summed E-state index contributed by atoms with van der Waals surface area (Å²) in [5, 5.41) is 6.52. The summed E-state index contributed by atoms with van der Waals surface area (Å²) >= 11 is 0. The molecule has 0 aliphatic carbocycles. The molecule has 0 bridgehead atoms. The Morgan fingerprint density at radius 2 is 1.82 bits per heavy atom. The molecule has 1 aliphatic rings. The number of nitrogens with zero attached hydrogens (tertiary/aromatic N) is 1. The van der Waals surface area contributed by atoms with E-state index in [2.05, 4.69) is 15.8 Å². The monoisotopic (exact) mass is 445 g/mol. The van der Waals surface area contributed by atoms with Crippen LogP contribution in [-0.2, 0) is 11.4 Å². The van der Waals surface area contributed by atoms with Gasteiger partial charge in [0.25, 0.3) is 11.8 Å². The van der Waals surface area contributed by atoms with Gasteiger partial charge in [0, 0.05) is 11.1 Å². The zero-order valence-electron chi connectivity index (χ0n) is 18.0. The number of fused-ring (bicyclic) bond motifs is 1. The highest BCUT2D eigenvalue weighted by Gasteiger charge is 2.16. The van der Waals surface area contributed by atoms with Crippen LogP contribution in [0.5, 0.6) is 17.2 Å². The molecule has 0 unspecified atom stereocenters. The number of hydrazone groups is 1. The van der Waals surface area contributed by atoms with E-state index >= 15 is 0 Å². The molecule has 0 atom stereocenters. The number of benzene rings is 3. The number of aryl methyl sites for hydroxylation is 1. The van der Waals surface area contributed by atoms with E-state index in [-0.39, 0.29) is 13.3 Å². The van der Waals surface area contributed by atoms with Crippen LogP contribution in [0.4, 0.5) is 0 Å². The summed E-state index contributed by atoms with van der Waals surface area (Å²) in [6, 6.07) is 20.3. The number of carbonyl (C=O) groups is 2. The molecule has 33 heavy (non-hydrogen) atoms. The minimum absolute atomic E-state index is 0.126. The van der Waals surface area contributed by atoms with Crippen molar-refractivity contribution >= 4 is 18.0 Å². The predicted octanol–water partition coefficient (Wildman–Crippen LogP) is 3.18. The van der Waals surface area contributed by atoms with Crippen molar-refractivity contribution in [3.63, 3.8) is 0 Å². The molecule has 0 saturated heterocycles.